The lowest BCUT2D eigenvalue weighted by atomic mass is 9.42. The highest BCUT2D eigenvalue weighted by Crippen LogP contribution is 2.68. The fraction of sp³-hybridized carbons (Fsp3) is 0.708. The molecule has 2 fully saturated rings. The van der Waals surface area contributed by atoms with E-state index in [0.717, 1.165) is 37.6 Å². The number of benzene rings is 1. The molecule has 0 bridgehead atoms. The Bertz CT molecular complexity index is 1240. The van der Waals surface area contributed by atoms with E-state index in [4.69, 9.17) is 4.42 Å². The molecule has 1 aromatic heterocycles. The summed E-state index contributed by atoms with van der Waals surface area (Å²) in [5.74, 6) is 0.495. The molecule has 5 rings (SSSR count). The van der Waals surface area contributed by atoms with Gasteiger partial charge in [-0.05, 0) is 89.9 Å². The molecule has 0 radical (unpaired) electrons. The zero-order valence-electron chi connectivity index (χ0n) is 19.4. The van der Waals surface area contributed by atoms with Crippen LogP contribution in [-0.2, 0) is 21.9 Å². The van der Waals surface area contributed by atoms with Crippen LogP contribution in [-0.4, -0.2) is 25.7 Å². The molecule has 2 aromatic rings. The lowest BCUT2D eigenvalue weighted by molar-refractivity contribution is -0.109. The number of aromatic amines is 1. The molecule has 0 spiro atoms. The highest BCUT2D eigenvalue weighted by Gasteiger charge is 2.63. The van der Waals surface area contributed by atoms with E-state index in [0.29, 0.717) is 17.4 Å². The zero-order chi connectivity index (χ0) is 22.6. The third-order valence-electron chi connectivity index (χ3n) is 9.44. The molecule has 1 aromatic carbocycles. The summed E-state index contributed by atoms with van der Waals surface area (Å²) in [6.45, 7) is 11.5. The van der Waals surface area contributed by atoms with Crippen molar-refractivity contribution in [1.29, 1.82) is 0 Å². The Hall–Kier alpha value is -1.60. The van der Waals surface area contributed by atoms with Gasteiger partial charge in [-0.25, -0.2) is 17.9 Å². The van der Waals surface area contributed by atoms with Gasteiger partial charge in [-0.3, -0.25) is 4.98 Å². The summed E-state index contributed by atoms with van der Waals surface area (Å²) in [5.41, 5.74) is 5.43. The number of sulfonamides is 1. The van der Waals surface area contributed by atoms with Gasteiger partial charge in [-0.15, -0.1) is 0 Å². The van der Waals surface area contributed by atoms with Crippen LogP contribution >= 0.6 is 0 Å². The second-order valence-electron chi connectivity index (χ2n) is 11.5. The Kier molecular flexibility index (Phi) is 4.29. The van der Waals surface area contributed by atoms with Crippen LogP contribution in [0.5, 0.6) is 0 Å². The average molecular weight is 447 g/mol. The maximum Gasteiger partial charge on any atom is 0.417 e. The number of oxazole rings is 1. The molecular formula is C24H34N2O4S. The summed E-state index contributed by atoms with van der Waals surface area (Å²) < 4.78 is 32.4. The number of nitrogens with one attached hydrogen (secondary N) is 2. The van der Waals surface area contributed by atoms with Gasteiger partial charge < -0.3 is 4.42 Å². The quantitative estimate of drug-likeness (QED) is 0.729. The van der Waals surface area contributed by atoms with Crippen LogP contribution < -0.4 is 10.5 Å². The molecule has 2 N–H and O–H groups in total. The molecule has 3 aliphatic carbocycles. The Morgan fingerprint density at radius 3 is 2.52 bits per heavy atom. The highest BCUT2D eigenvalue weighted by molar-refractivity contribution is 7.88. The van der Waals surface area contributed by atoms with Gasteiger partial charge in [0, 0.05) is 6.04 Å². The fourth-order valence-corrected chi connectivity index (χ4v) is 9.23. The van der Waals surface area contributed by atoms with Gasteiger partial charge in [0.05, 0.1) is 11.8 Å². The van der Waals surface area contributed by atoms with Gasteiger partial charge in [-0.1, -0.05) is 27.7 Å². The maximum absolute atomic E-state index is 12.0. The Labute approximate surface area is 184 Å². The SMILES string of the molecule is Cc1cc2oc(=O)[nH]c2c2c1C1(C)CCC3C(C)(C)C(NS(C)(=O)=O)CCC3(C)C1C2. The Morgan fingerprint density at radius 1 is 1.13 bits per heavy atom. The third-order valence-corrected chi connectivity index (χ3v) is 10.2. The minimum Gasteiger partial charge on any atom is -0.408 e. The van der Waals surface area contributed by atoms with Crippen LogP contribution in [0.2, 0.25) is 0 Å². The number of H-pyrrole nitrogens is 1. The third kappa shape index (κ3) is 2.85. The molecule has 3 aliphatic rings. The minimum absolute atomic E-state index is 0.0348. The average Bonchev–Trinajstić information content (AvgIpc) is 3.14. The summed E-state index contributed by atoms with van der Waals surface area (Å²) in [6.07, 6.45) is 6.22. The first-order valence-corrected chi connectivity index (χ1v) is 13.3. The molecule has 2 saturated carbocycles. The first kappa shape index (κ1) is 21.3. The van der Waals surface area contributed by atoms with E-state index >= 15 is 0 Å². The zero-order valence-corrected chi connectivity index (χ0v) is 20.2. The summed E-state index contributed by atoms with van der Waals surface area (Å²) in [4.78, 5) is 14.9. The molecule has 0 aliphatic heterocycles. The molecule has 0 saturated heterocycles. The summed E-state index contributed by atoms with van der Waals surface area (Å²) in [7, 11) is -3.25. The predicted molar refractivity (Wildman–Crippen MR) is 122 cm³/mol. The van der Waals surface area contributed by atoms with E-state index in [2.05, 4.69) is 44.3 Å². The van der Waals surface area contributed by atoms with Crippen LogP contribution in [0.4, 0.5) is 0 Å². The standard InChI is InChI=1S/C24H34N2O4S/c1-13-11-15-20(25-21(27)30-15)14-12-17-23(4)10-8-18(26-31(6,28)29)22(2,3)16(23)7-9-24(17,5)19(13)14/h11,16-18,26H,7-10,12H2,1-6H3,(H,25,27). The molecule has 31 heavy (non-hydrogen) atoms. The predicted octanol–water partition coefficient (Wildman–Crippen LogP) is 4.01. The number of rotatable bonds is 2. The van der Waals surface area contributed by atoms with Crippen molar-refractivity contribution in [3.63, 3.8) is 0 Å². The number of hydrogen-bond donors (Lipinski definition) is 2. The van der Waals surface area contributed by atoms with E-state index in [1.807, 2.05) is 6.07 Å². The van der Waals surface area contributed by atoms with Gasteiger partial charge in [0.25, 0.3) is 0 Å². The highest BCUT2D eigenvalue weighted by atomic mass is 32.2. The first-order valence-electron chi connectivity index (χ1n) is 11.4. The van der Waals surface area contributed by atoms with Crippen molar-refractivity contribution in [2.45, 2.75) is 78.2 Å². The van der Waals surface area contributed by atoms with Gasteiger partial charge in [-0.2, -0.15) is 0 Å². The van der Waals surface area contributed by atoms with Gasteiger partial charge in [0.15, 0.2) is 5.58 Å². The van der Waals surface area contributed by atoms with Crippen LogP contribution in [0.3, 0.4) is 0 Å². The van der Waals surface area contributed by atoms with E-state index in [1.165, 1.54) is 22.9 Å². The van der Waals surface area contributed by atoms with Gasteiger partial charge >= 0.3 is 5.76 Å². The number of aryl methyl sites for hydroxylation is 1. The molecule has 7 heteroatoms. The van der Waals surface area contributed by atoms with Crippen molar-refractivity contribution in [1.82, 2.24) is 9.71 Å². The van der Waals surface area contributed by atoms with Crippen molar-refractivity contribution in [2.75, 3.05) is 6.26 Å². The number of aromatic nitrogens is 1. The summed E-state index contributed by atoms with van der Waals surface area (Å²) in [5, 5.41) is 0. The smallest absolute Gasteiger partial charge is 0.408 e. The van der Waals surface area contributed by atoms with Crippen molar-refractivity contribution < 1.29 is 12.8 Å². The Balaban J connectivity index is 1.60. The minimum atomic E-state index is -3.25. The number of fused-ring (bicyclic) bond motifs is 7. The summed E-state index contributed by atoms with van der Waals surface area (Å²) in [6, 6.07) is 1.98. The normalized spacial score (nSPS) is 36.8. The molecule has 1 heterocycles. The molecule has 5 unspecified atom stereocenters. The van der Waals surface area contributed by atoms with Crippen molar-refractivity contribution >= 4 is 21.1 Å². The van der Waals surface area contributed by atoms with Crippen LogP contribution in [0.1, 0.15) is 70.1 Å². The van der Waals surface area contributed by atoms with E-state index in [-0.39, 0.29) is 28.0 Å². The van der Waals surface area contributed by atoms with Crippen LogP contribution in [0, 0.1) is 29.6 Å². The topological polar surface area (TPSA) is 92.2 Å². The van der Waals surface area contributed by atoms with Crippen molar-refractivity contribution in [2.24, 2.45) is 22.7 Å². The van der Waals surface area contributed by atoms with E-state index in [1.54, 1.807) is 0 Å². The van der Waals surface area contributed by atoms with E-state index in [9.17, 15) is 13.2 Å². The molecule has 5 atom stereocenters. The number of hydrogen-bond acceptors (Lipinski definition) is 4. The van der Waals surface area contributed by atoms with Crippen molar-refractivity contribution in [3.8, 4) is 0 Å². The second kappa shape index (κ2) is 6.25. The fourth-order valence-electron chi connectivity index (χ4n) is 8.29. The molecule has 170 valence electrons. The summed E-state index contributed by atoms with van der Waals surface area (Å²) >= 11 is 0. The van der Waals surface area contributed by atoms with Crippen LogP contribution in [0.15, 0.2) is 15.3 Å². The lowest BCUT2D eigenvalue weighted by Crippen LogP contribution is -2.61. The van der Waals surface area contributed by atoms with E-state index < -0.39 is 10.0 Å². The lowest BCUT2D eigenvalue weighted by Gasteiger charge is -2.63. The van der Waals surface area contributed by atoms with Crippen molar-refractivity contribution in [3.05, 3.63) is 33.3 Å². The first-order chi connectivity index (χ1) is 14.3. The largest absolute Gasteiger partial charge is 0.417 e. The molecule has 0 amide bonds. The van der Waals surface area contributed by atoms with Gasteiger partial charge in [0.2, 0.25) is 10.0 Å². The van der Waals surface area contributed by atoms with Gasteiger partial charge in [0.1, 0.15) is 0 Å². The monoisotopic (exact) mass is 446 g/mol. The van der Waals surface area contributed by atoms with Crippen LogP contribution in [0.25, 0.3) is 11.1 Å². The molecular weight excluding hydrogens is 412 g/mol. The molecule has 6 nitrogen and oxygen atoms in total. The second-order valence-corrected chi connectivity index (χ2v) is 13.3. The Morgan fingerprint density at radius 2 is 1.84 bits per heavy atom. The maximum atomic E-state index is 12.0.